The van der Waals surface area contributed by atoms with Crippen LogP contribution in [-0.2, 0) is 0 Å². The van der Waals surface area contributed by atoms with E-state index >= 15 is 0 Å². The van der Waals surface area contributed by atoms with Gasteiger partial charge in [0.1, 0.15) is 11.6 Å². The summed E-state index contributed by atoms with van der Waals surface area (Å²) in [4.78, 5) is 0. The van der Waals surface area contributed by atoms with E-state index in [-0.39, 0.29) is 11.6 Å². The van der Waals surface area contributed by atoms with Crippen molar-refractivity contribution in [2.45, 2.75) is 25.7 Å². The van der Waals surface area contributed by atoms with Crippen LogP contribution in [0.5, 0.6) is 5.75 Å². The minimum Gasteiger partial charge on any atom is -0.492 e. The van der Waals surface area contributed by atoms with Gasteiger partial charge < -0.3 is 9.84 Å². The van der Waals surface area contributed by atoms with Gasteiger partial charge in [0.15, 0.2) is 0 Å². The molecule has 0 fully saturated rings. The van der Waals surface area contributed by atoms with E-state index < -0.39 is 5.82 Å². The van der Waals surface area contributed by atoms with E-state index in [2.05, 4.69) is 15.9 Å². The predicted molar refractivity (Wildman–Crippen MR) is 70.2 cm³/mol. The Kier molecular flexibility index (Phi) is 6.85. The van der Waals surface area contributed by atoms with Crippen LogP contribution >= 0.6 is 27.5 Å². The molecule has 1 N–H and O–H groups in total. The monoisotopic (exact) mass is 324 g/mol. The van der Waals surface area contributed by atoms with Crippen LogP contribution < -0.4 is 4.74 Å². The Balaban J connectivity index is 2.34. The number of unbranched alkanes of at least 4 members (excludes halogenated alkanes) is 3. The number of aliphatic hydroxyl groups excluding tert-OH is 1. The predicted octanol–water partition coefficient (Wildman–Crippen LogP) is 4.17. The van der Waals surface area contributed by atoms with E-state index in [1.807, 2.05) is 0 Å². The van der Waals surface area contributed by atoms with Gasteiger partial charge in [0, 0.05) is 12.7 Å². The van der Waals surface area contributed by atoms with Crippen LogP contribution in [0.3, 0.4) is 0 Å². The smallest absolute Gasteiger partial charge is 0.145 e. The van der Waals surface area contributed by atoms with Crippen molar-refractivity contribution in [3.63, 3.8) is 0 Å². The highest BCUT2D eigenvalue weighted by Gasteiger charge is 2.07. The van der Waals surface area contributed by atoms with Crippen LogP contribution in [-0.4, -0.2) is 18.3 Å². The zero-order valence-corrected chi connectivity index (χ0v) is 11.7. The first kappa shape index (κ1) is 14.7. The van der Waals surface area contributed by atoms with Gasteiger partial charge in [-0.15, -0.1) is 0 Å². The summed E-state index contributed by atoms with van der Waals surface area (Å²) in [6, 6.07) is 2.76. The molecule has 5 heteroatoms. The molecular weight excluding hydrogens is 310 g/mol. The lowest BCUT2D eigenvalue weighted by Crippen LogP contribution is -1.99. The Morgan fingerprint density at radius 3 is 2.65 bits per heavy atom. The summed E-state index contributed by atoms with van der Waals surface area (Å²) in [5, 5.41) is 8.68. The minimum absolute atomic E-state index is 0.0761. The van der Waals surface area contributed by atoms with Crippen molar-refractivity contribution in [1.82, 2.24) is 0 Å². The minimum atomic E-state index is -0.481. The van der Waals surface area contributed by atoms with E-state index in [1.165, 1.54) is 12.1 Å². The van der Waals surface area contributed by atoms with Crippen molar-refractivity contribution in [3.8, 4) is 5.75 Å². The Bertz CT molecular complexity index is 361. The number of halogens is 3. The normalized spacial score (nSPS) is 10.6. The number of benzene rings is 1. The molecular formula is C12H15BrClFO2. The molecule has 96 valence electrons. The average molecular weight is 326 g/mol. The fourth-order valence-corrected chi connectivity index (χ4v) is 2.12. The summed E-state index contributed by atoms with van der Waals surface area (Å²) in [6.45, 7) is 0.764. The third kappa shape index (κ3) is 5.23. The van der Waals surface area contributed by atoms with Gasteiger partial charge in [0.25, 0.3) is 0 Å². The van der Waals surface area contributed by atoms with Gasteiger partial charge in [-0.3, -0.25) is 0 Å². The number of ether oxygens (including phenoxy) is 1. The summed E-state index contributed by atoms with van der Waals surface area (Å²) in [6.07, 6.45) is 3.68. The average Bonchev–Trinajstić information content (AvgIpc) is 2.30. The number of aliphatic hydroxyl groups is 1. The lowest BCUT2D eigenvalue weighted by Gasteiger charge is -2.08. The van der Waals surface area contributed by atoms with Gasteiger partial charge in [-0.25, -0.2) is 4.39 Å². The summed E-state index contributed by atoms with van der Waals surface area (Å²) in [7, 11) is 0. The first-order valence-electron chi connectivity index (χ1n) is 5.53. The Morgan fingerprint density at radius 1 is 1.24 bits per heavy atom. The van der Waals surface area contributed by atoms with Gasteiger partial charge in [-0.05, 0) is 41.3 Å². The van der Waals surface area contributed by atoms with Gasteiger partial charge in [-0.2, -0.15) is 0 Å². The van der Waals surface area contributed by atoms with E-state index in [1.54, 1.807) is 0 Å². The molecule has 0 aliphatic carbocycles. The van der Waals surface area contributed by atoms with Gasteiger partial charge >= 0.3 is 0 Å². The topological polar surface area (TPSA) is 29.5 Å². The molecule has 2 nitrogen and oxygen atoms in total. The molecule has 0 atom stereocenters. The zero-order chi connectivity index (χ0) is 12.7. The zero-order valence-electron chi connectivity index (χ0n) is 9.39. The summed E-state index contributed by atoms with van der Waals surface area (Å²) >= 11 is 8.89. The number of hydrogen-bond donors (Lipinski definition) is 1. The van der Waals surface area contributed by atoms with Gasteiger partial charge in [-0.1, -0.05) is 18.0 Å². The highest BCUT2D eigenvalue weighted by atomic mass is 79.9. The molecule has 1 rings (SSSR count). The van der Waals surface area contributed by atoms with E-state index in [4.69, 9.17) is 21.4 Å². The second-order valence-electron chi connectivity index (χ2n) is 3.68. The van der Waals surface area contributed by atoms with Crippen molar-refractivity contribution >= 4 is 27.5 Å². The maximum absolute atomic E-state index is 13.2. The van der Waals surface area contributed by atoms with Gasteiger partial charge in [0.05, 0.1) is 16.1 Å². The maximum atomic E-state index is 13.2. The van der Waals surface area contributed by atoms with Crippen molar-refractivity contribution < 1.29 is 14.2 Å². The van der Waals surface area contributed by atoms with E-state index in [0.29, 0.717) is 16.8 Å². The largest absolute Gasteiger partial charge is 0.492 e. The van der Waals surface area contributed by atoms with Gasteiger partial charge in [0.2, 0.25) is 0 Å². The van der Waals surface area contributed by atoms with Crippen LogP contribution in [0.2, 0.25) is 5.02 Å². The molecule has 0 aliphatic heterocycles. The summed E-state index contributed by atoms with van der Waals surface area (Å²) < 4.78 is 19.3. The number of hydrogen-bond acceptors (Lipinski definition) is 2. The first-order valence-corrected chi connectivity index (χ1v) is 6.70. The van der Waals surface area contributed by atoms with Crippen LogP contribution in [0.25, 0.3) is 0 Å². The summed E-state index contributed by atoms with van der Waals surface area (Å²) in [5.41, 5.74) is 0. The third-order valence-electron chi connectivity index (χ3n) is 2.28. The van der Waals surface area contributed by atoms with Crippen LogP contribution in [0.15, 0.2) is 16.6 Å². The molecule has 0 radical (unpaired) electrons. The quantitative estimate of drug-likeness (QED) is 0.602. The highest BCUT2D eigenvalue weighted by molar-refractivity contribution is 9.10. The van der Waals surface area contributed by atoms with Crippen LogP contribution in [0.4, 0.5) is 4.39 Å². The molecule has 1 aromatic rings. The molecule has 0 aromatic heterocycles. The Labute approximate surface area is 114 Å². The Hall–Kier alpha value is -0.320. The molecule has 0 aliphatic rings. The molecule has 0 amide bonds. The first-order chi connectivity index (χ1) is 8.15. The maximum Gasteiger partial charge on any atom is 0.145 e. The lowest BCUT2D eigenvalue weighted by atomic mass is 10.2. The van der Waals surface area contributed by atoms with Crippen LogP contribution in [0.1, 0.15) is 25.7 Å². The van der Waals surface area contributed by atoms with Crippen LogP contribution in [0, 0.1) is 5.82 Å². The molecule has 1 aromatic carbocycles. The highest BCUT2D eigenvalue weighted by Crippen LogP contribution is 2.30. The molecule has 0 spiro atoms. The fraction of sp³-hybridized carbons (Fsp3) is 0.500. The lowest BCUT2D eigenvalue weighted by molar-refractivity contribution is 0.273. The molecule has 0 saturated carbocycles. The second kappa shape index (κ2) is 7.90. The summed E-state index contributed by atoms with van der Waals surface area (Å²) in [5.74, 6) is -0.0146. The van der Waals surface area contributed by atoms with E-state index in [0.717, 1.165) is 25.7 Å². The van der Waals surface area contributed by atoms with Crippen molar-refractivity contribution in [2.75, 3.05) is 13.2 Å². The Morgan fingerprint density at radius 2 is 1.94 bits per heavy atom. The fourth-order valence-electron chi connectivity index (χ4n) is 1.36. The molecule has 0 bridgehead atoms. The SMILES string of the molecule is OCCCCCCOc1cc(F)c(Cl)cc1Br. The van der Waals surface area contributed by atoms with Crippen molar-refractivity contribution in [1.29, 1.82) is 0 Å². The molecule has 0 saturated heterocycles. The second-order valence-corrected chi connectivity index (χ2v) is 4.94. The van der Waals surface area contributed by atoms with Crippen molar-refractivity contribution in [2.24, 2.45) is 0 Å². The molecule has 0 heterocycles. The van der Waals surface area contributed by atoms with Crippen molar-refractivity contribution in [3.05, 3.63) is 27.4 Å². The third-order valence-corrected chi connectivity index (χ3v) is 3.19. The molecule has 0 unspecified atom stereocenters. The standard InChI is InChI=1S/C12H15BrClFO2/c13-9-7-10(14)11(15)8-12(9)17-6-4-2-1-3-5-16/h7-8,16H,1-6H2. The van der Waals surface area contributed by atoms with E-state index in [9.17, 15) is 4.39 Å². The number of rotatable bonds is 7. The molecule has 17 heavy (non-hydrogen) atoms.